The van der Waals surface area contributed by atoms with Crippen molar-refractivity contribution in [2.45, 2.75) is 38.3 Å². The standard InChI is InChI=1S/C16H24N2O3/c17-11-13-5-1-2-8-15(13)21-12-16(20)18(9-4-10-19)14-6-3-7-14/h1-2,5,8,14,19H,3-4,6-7,9-12,17H2. The first-order valence-electron chi connectivity index (χ1n) is 7.57. The minimum Gasteiger partial charge on any atom is -0.483 e. The largest absolute Gasteiger partial charge is 0.483 e. The number of nitrogens with zero attached hydrogens (tertiary/aromatic N) is 1. The van der Waals surface area contributed by atoms with E-state index < -0.39 is 0 Å². The third-order valence-corrected chi connectivity index (χ3v) is 3.94. The van der Waals surface area contributed by atoms with Crippen LogP contribution >= 0.6 is 0 Å². The fourth-order valence-corrected chi connectivity index (χ4v) is 2.49. The van der Waals surface area contributed by atoms with Crippen molar-refractivity contribution in [3.05, 3.63) is 29.8 Å². The van der Waals surface area contributed by atoms with Gasteiger partial charge in [-0.15, -0.1) is 0 Å². The van der Waals surface area contributed by atoms with Gasteiger partial charge in [0.15, 0.2) is 6.61 Å². The fraction of sp³-hybridized carbons (Fsp3) is 0.562. The summed E-state index contributed by atoms with van der Waals surface area (Å²) in [5.41, 5.74) is 6.56. The molecular formula is C16H24N2O3. The van der Waals surface area contributed by atoms with E-state index in [4.69, 9.17) is 15.6 Å². The van der Waals surface area contributed by atoms with Crippen LogP contribution in [-0.2, 0) is 11.3 Å². The van der Waals surface area contributed by atoms with Gasteiger partial charge < -0.3 is 20.5 Å². The molecule has 0 saturated heterocycles. The lowest BCUT2D eigenvalue weighted by Gasteiger charge is -2.37. The Morgan fingerprint density at radius 2 is 2.14 bits per heavy atom. The van der Waals surface area contributed by atoms with Gasteiger partial charge in [-0.2, -0.15) is 0 Å². The lowest BCUT2D eigenvalue weighted by Crippen LogP contribution is -2.46. The van der Waals surface area contributed by atoms with Gasteiger partial charge in [0.1, 0.15) is 5.75 Å². The molecule has 0 atom stereocenters. The Balaban J connectivity index is 1.91. The summed E-state index contributed by atoms with van der Waals surface area (Å²) in [7, 11) is 0. The van der Waals surface area contributed by atoms with Gasteiger partial charge in [0.2, 0.25) is 0 Å². The average molecular weight is 292 g/mol. The van der Waals surface area contributed by atoms with Crippen LogP contribution in [0.2, 0.25) is 0 Å². The molecule has 1 saturated carbocycles. The van der Waals surface area contributed by atoms with E-state index >= 15 is 0 Å². The summed E-state index contributed by atoms with van der Waals surface area (Å²) in [4.78, 5) is 14.2. The van der Waals surface area contributed by atoms with E-state index in [0.717, 1.165) is 18.4 Å². The van der Waals surface area contributed by atoms with Crippen LogP contribution in [0.3, 0.4) is 0 Å². The number of aliphatic hydroxyl groups excluding tert-OH is 1. The van der Waals surface area contributed by atoms with Crippen molar-refractivity contribution >= 4 is 5.91 Å². The van der Waals surface area contributed by atoms with Gasteiger partial charge >= 0.3 is 0 Å². The van der Waals surface area contributed by atoms with Crippen molar-refractivity contribution in [3.63, 3.8) is 0 Å². The van der Waals surface area contributed by atoms with E-state index in [9.17, 15) is 4.79 Å². The fourth-order valence-electron chi connectivity index (χ4n) is 2.49. The van der Waals surface area contributed by atoms with Crippen LogP contribution in [0.5, 0.6) is 5.75 Å². The van der Waals surface area contributed by atoms with Crippen LogP contribution < -0.4 is 10.5 Å². The van der Waals surface area contributed by atoms with Crippen LogP contribution in [0.1, 0.15) is 31.2 Å². The lowest BCUT2D eigenvalue weighted by molar-refractivity contribution is -0.137. The Morgan fingerprint density at radius 1 is 1.38 bits per heavy atom. The van der Waals surface area contributed by atoms with Crippen molar-refractivity contribution in [1.82, 2.24) is 4.90 Å². The van der Waals surface area contributed by atoms with Gasteiger partial charge in [-0.1, -0.05) is 18.2 Å². The second-order valence-corrected chi connectivity index (χ2v) is 5.35. The number of para-hydroxylation sites is 1. The molecule has 1 aliphatic carbocycles. The smallest absolute Gasteiger partial charge is 0.260 e. The number of ether oxygens (including phenoxy) is 1. The SMILES string of the molecule is NCc1ccccc1OCC(=O)N(CCCO)C1CCC1. The predicted molar refractivity (Wildman–Crippen MR) is 80.9 cm³/mol. The molecule has 1 aliphatic rings. The van der Waals surface area contributed by atoms with E-state index in [0.29, 0.717) is 31.3 Å². The maximum absolute atomic E-state index is 12.3. The third-order valence-electron chi connectivity index (χ3n) is 3.94. The van der Waals surface area contributed by atoms with Crippen LogP contribution in [-0.4, -0.2) is 41.7 Å². The first-order valence-corrected chi connectivity index (χ1v) is 7.57. The molecule has 0 radical (unpaired) electrons. The van der Waals surface area contributed by atoms with Gasteiger partial charge in [-0.05, 0) is 31.7 Å². The number of hydrogen-bond acceptors (Lipinski definition) is 4. The van der Waals surface area contributed by atoms with E-state index in [1.54, 1.807) is 0 Å². The maximum atomic E-state index is 12.3. The summed E-state index contributed by atoms with van der Waals surface area (Å²) in [5.74, 6) is 0.657. The van der Waals surface area contributed by atoms with Crippen molar-refractivity contribution in [1.29, 1.82) is 0 Å². The van der Waals surface area contributed by atoms with Crippen molar-refractivity contribution in [2.75, 3.05) is 19.8 Å². The van der Waals surface area contributed by atoms with E-state index in [-0.39, 0.29) is 19.1 Å². The number of aliphatic hydroxyl groups is 1. The zero-order valence-electron chi connectivity index (χ0n) is 12.3. The van der Waals surface area contributed by atoms with Gasteiger partial charge in [0.05, 0.1) is 0 Å². The second kappa shape index (κ2) is 8.00. The Hall–Kier alpha value is -1.59. The van der Waals surface area contributed by atoms with E-state index in [1.807, 2.05) is 29.2 Å². The van der Waals surface area contributed by atoms with Crippen LogP contribution in [0, 0.1) is 0 Å². The highest BCUT2D eigenvalue weighted by atomic mass is 16.5. The Labute approximate surface area is 125 Å². The number of nitrogens with two attached hydrogens (primary N) is 1. The molecule has 5 heteroatoms. The minimum atomic E-state index is -0.0139. The number of hydrogen-bond donors (Lipinski definition) is 2. The Bertz CT molecular complexity index is 461. The van der Waals surface area contributed by atoms with Gasteiger partial charge in [-0.3, -0.25) is 4.79 Å². The number of benzene rings is 1. The summed E-state index contributed by atoms with van der Waals surface area (Å²) in [6.45, 7) is 1.12. The summed E-state index contributed by atoms with van der Waals surface area (Å²) in [6, 6.07) is 7.82. The van der Waals surface area contributed by atoms with E-state index in [2.05, 4.69) is 0 Å². The number of carbonyl (C=O) groups excluding carboxylic acids is 1. The molecule has 1 amide bonds. The first-order chi connectivity index (χ1) is 10.3. The lowest BCUT2D eigenvalue weighted by atomic mass is 9.91. The molecule has 1 aromatic carbocycles. The molecule has 1 aromatic rings. The molecule has 116 valence electrons. The highest BCUT2D eigenvalue weighted by Gasteiger charge is 2.28. The highest BCUT2D eigenvalue weighted by Crippen LogP contribution is 2.25. The summed E-state index contributed by atoms with van der Waals surface area (Å²) in [5, 5.41) is 8.96. The van der Waals surface area contributed by atoms with E-state index in [1.165, 1.54) is 6.42 Å². The van der Waals surface area contributed by atoms with Crippen LogP contribution in [0.15, 0.2) is 24.3 Å². The molecule has 0 unspecified atom stereocenters. The van der Waals surface area contributed by atoms with Gasteiger partial charge in [0, 0.05) is 31.3 Å². The van der Waals surface area contributed by atoms with Crippen LogP contribution in [0.4, 0.5) is 0 Å². The monoisotopic (exact) mass is 292 g/mol. The predicted octanol–water partition coefficient (Wildman–Crippen LogP) is 1.29. The molecule has 5 nitrogen and oxygen atoms in total. The number of amides is 1. The van der Waals surface area contributed by atoms with Crippen molar-refractivity contribution < 1.29 is 14.6 Å². The summed E-state index contributed by atoms with van der Waals surface area (Å²) in [6.07, 6.45) is 3.89. The average Bonchev–Trinajstić information content (AvgIpc) is 2.47. The molecule has 0 aromatic heterocycles. The summed E-state index contributed by atoms with van der Waals surface area (Å²) >= 11 is 0. The molecule has 0 heterocycles. The molecule has 0 aliphatic heterocycles. The maximum Gasteiger partial charge on any atom is 0.260 e. The normalized spacial score (nSPS) is 14.6. The second-order valence-electron chi connectivity index (χ2n) is 5.35. The zero-order chi connectivity index (χ0) is 15.1. The minimum absolute atomic E-state index is 0.0139. The molecule has 1 fully saturated rings. The highest BCUT2D eigenvalue weighted by molar-refractivity contribution is 5.78. The third kappa shape index (κ3) is 4.19. The summed E-state index contributed by atoms with van der Waals surface area (Å²) < 4.78 is 5.64. The Morgan fingerprint density at radius 3 is 2.76 bits per heavy atom. The van der Waals surface area contributed by atoms with Gasteiger partial charge in [-0.25, -0.2) is 0 Å². The number of rotatable bonds is 8. The molecule has 0 spiro atoms. The molecule has 0 bridgehead atoms. The molecule has 2 rings (SSSR count). The first kappa shape index (κ1) is 15.8. The van der Waals surface area contributed by atoms with Crippen molar-refractivity contribution in [2.24, 2.45) is 5.73 Å². The van der Waals surface area contributed by atoms with Crippen molar-refractivity contribution in [3.8, 4) is 5.75 Å². The quantitative estimate of drug-likeness (QED) is 0.757. The topological polar surface area (TPSA) is 75.8 Å². The number of carbonyl (C=O) groups is 1. The Kier molecular flexibility index (Phi) is 6.02. The molecule has 3 N–H and O–H groups in total. The molecule has 21 heavy (non-hydrogen) atoms. The zero-order valence-corrected chi connectivity index (χ0v) is 12.3. The van der Waals surface area contributed by atoms with Gasteiger partial charge in [0.25, 0.3) is 5.91 Å². The molecular weight excluding hydrogens is 268 g/mol. The van der Waals surface area contributed by atoms with Crippen LogP contribution in [0.25, 0.3) is 0 Å².